The minimum absolute atomic E-state index is 0.0851. The normalized spacial score (nSPS) is 12.2. The van der Waals surface area contributed by atoms with Crippen LogP contribution in [0.5, 0.6) is 0 Å². The van der Waals surface area contributed by atoms with Crippen molar-refractivity contribution in [2.24, 2.45) is 0 Å². The van der Waals surface area contributed by atoms with E-state index in [0.29, 0.717) is 11.5 Å². The Morgan fingerprint density at radius 1 is 1.21 bits per heavy atom. The van der Waals surface area contributed by atoms with E-state index in [4.69, 9.17) is 5.73 Å². The molecule has 0 saturated carbocycles. The van der Waals surface area contributed by atoms with Gasteiger partial charge in [0.2, 0.25) is 0 Å². The molecule has 0 saturated heterocycles. The molecular formula is C13H15N5O. The minimum Gasteiger partial charge on any atom is -0.379 e. The number of nitrogen functional groups attached to an aromatic ring is 1. The molecular weight excluding hydrogens is 242 g/mol. The molecule has 0 aliphatic heterocycles. The van der Waals surface area contributed by atoms with Crippen LogP contribution in [0, 0.1) is 0 Å². The molecule has 3 rings (SSSR count). The summed E-state index contributed by atoms with van der Waals surface area (Å²) in [4.78, 5) is 7.66. The van der Waals surface area contributed by atoms with E-state index in [9.17, 15) is 0 Å². The van der Waals surface area contributed by atoms with Gasteiger partial charge in [-0.2, -0.15) is 0 Å². The van der Waals surface area contributed by atoms with Gasteiger partial charge in [0.15, 0.2) is 17.3 Å². The first-order chi connectivity index (χ1) is 8.95. The Labute approximate surface area is 110 Å². The summed E-state index contributed by atoms with van der Waals surface area (Å²) in [6.07, 6.45) is 0. The van der Waals surface area contributed by atoms with Crippen LogP contribution in [0.3, 0.4) is 0 Å². The van der Waals surface area contributed by atoms with Crippen LogP contribution in [0.15, 0.2) is 22.8 Å². The number of anilines is 1. The van der Waals surface area contributed by atoms with Crippen molar-refractivity contribution >= 4 is 16.9 Å². The predicted molar refractivity (Wildman–Crippen MR) is 72.5 cm³/mol. The first kappa shape index (κ1) is 11.7. The van der Waals surface area contributed by atoms with Gasteiger partial charge in [0.25, 0.3) is 0 Å². The SMILES string of the molecule is CC(C)(C)c1ccc2[nH]c(-c3nonc3N)nc2c1. The van der Waals surface area contributed by atoms with Crippen LogP contribution < -0.4 is 5.73 Å². The third kappa shape index (κ3) is 1.95. The molecule has 3 aromatic rings. The maximum atomic E-state index is 5.67. The molecule has 0 fully saturated rings. The lowest BCUT2D eigenvalue weighted by atomic mass is 9.87. The van der Waals surface area contributed by atoms with Crippen molar-refractivity contribution in [3.63, 3.8) is 0 Å². The smallest absolute Gasteiger partial charge is 0.199 e. The van der Waals surface area contributed by atoms with Gasteiger partial charge < -0.3 is 10.7 Å². The van der Waals surface area contributed by atoms with E-state index in [1.807, 2.05) is 6.07 Å². The summed E-state index contributed by atoms with van der Waals surface area (Å²) in [5, 5.41) is 7.30. The van der Waals surface area contributed by atoms with Gasteiger partial charge >= 0.3 is 0 Å². The van der Waals surface area contributed by atoms with Crippen molar-refractivity contribution in [2.45, 2.75) is 26.2 Å². The third-order valence-corrected chi connectivity index (χ3v) is 3.09. The molecule has 98 valence electrons. The van der Waals surface area contributed by atoms with Crippen molar-refractivity contribution in [2.75, 3.05) is 5.73 Å². The summed E-state index contributed by atoms with van der Waals surface area (Å²) in [7, 11) is 0. The number of aromatic amines is 1. The van der Waals surface area contributed by atoms with E-state index in [-0.39, 0.29) is 11.2 Å². The van der Waals surface area contributed by atoms with Crippen molar-refractivity contribution in [1.29, 1.82) is 0 Å². The standard InChI is InChI=1S/C13H15N5O/c1-13(2,3)7-4-5-8-9(6-7)16-12(15-8)10-11(14)18-19-17-10/h4-6H,1-3H3,(H2,14,18)(H,15,16). The van der Waals surface area contributed by atoms with Gasteiger partial charge in [-0.1, -0.05) is 26.8 Å². The molecule has 0 atom stereocenters. The number of benzene rings is 1. The Bertz CT molecular complexity index is 735. The fourth-order valence-electron chi connectivity index (χ4n) is 1.94. The molecule has 0 unspecified atom stereocenters. The second kappa shape index (κ2) is 3.81. The summed E-state index contributed by atoms with van der Waals surface area (Å²) in [6.45, 7) is 6.50. The molecule has 2 aromatic heterocycles. The third-order valence-electron chi connectivity index (χ3n) is 3.09. The second-order valence-electron chi connectivity index (χ2n) is 5.57. The van der Waals surface area contributed by atoms with Crippen LogP contribution in [0.1, 0.15) is 26.3 Å². The average Bonchev–Trinajstić information content (AvgIpc) is 2.91. The molecule has 0 spiro atoms. The average molecular weight is 257 g/mol. The molecule has 0 radical (unpaired) electrons. The van der Waals surface area contributed by atoms with Gasteiger partial charge in [-0.25, -0.2) is 9.61 Å². The van der Waals surface area contributed by atoms with E-state index in [1.165, 1.54) is 5.56 Å². The van der Waals surface area contributed by atoms with E-state index < -0.39 is 0 Å². The number of aromatic nitrogens is 4. The Hall–Kier alpha value is -2.37. The quantitative estimate of drug-likeness (QED) is 0.698. The Morgan fingerprint density at radius 2 is 2.00 bits per heavy atom. The summed E-state index contributed by atoms with van der Waals surface area (Å²) < 4.78 is 4.59. The van der Waals surface area contributed by atoms with Crippen LogP contribution in [-0.4, -0.2) is 20.3 Å². The first-order valence-electron chi connectivity index (χ1n) is 6.04. The second-order valence-corrected chi connectivity index (χ2v) is 5.57. The predicted octanol–water partition coefficient (Wildman–Crippen LogP) is 2.49. The number of imidazole rings is 1. The zero-order chi connectivity index (χ0) is 13.6. The monoisotopic (exact) mass is 257 g/mol. The number of hydrogen-bond donors (Lipinski definition) is 2. The largest absolute Gasteiger partial charge is 0.379 e. The maximum absolute atomic E-state index is 5.67. The number of nitrogens with two attached hydrogens (primary N) is 1. The van der Waals surface area contributed by atoms with Gasteiger partial charge in [-0.05, 0) is 33.4 Å². The van der Waals surface area contributed by atoms with E-state index >= 15 is 0 Å². The number of H-pyrrole nitrogens is 1. The number of rotatable bonds is 1. The summed E-state index contributed by atoms with van der Waals surface area (Å²) in [5.74, 6) is 0.801. The lowest BCUT2D eigenvalue weighted by molar-refractivity contribution is 0.310. The molecule has 0 bridgehead atoms. The molecule has 0 aliphatic carbocycles. The van der Waals surface area contributed by atoms with Crippen molar-refractivity contribution in [3.8, 4) is 11.5 Å². The van der Waals surface area contributed by atoms with Gasteiger partial charge in [-0.15, -0.1) is 0 Å². The fraction of sp³-hybridized carbons (Fsp3) is 0.308. The lowest BCUT2D eigenvalue weighted by Gasteiger charge is -2.18. The maximum Gasteiger partial charge on any atom is 0.199 e. The van der Waals surface area contributed by atoms with Crippen LogP contribution in [-0.2, 0) is 5.41 Å². The first-order valence-corrected chi connectivity index (χ1v) is 6.04. The topological polar surface area (TPSA) is 93.6 Å². The molecule has 3 N–H and O–H groups in total. The Balaban J connectivity index is 2.14. The summed E-state index contributed by atoms with van der Waals surface area (Å²) in [5.41, 5.74) is 9.23. The number of nitrogens with one attached hydrogen (secondary N) is 1. The van der Waals surface area contributed by atoms with Gasteiger partial charge in [0, 0.05) is 0 Å². The van der Waals surface area contributed by atoms with Gasteiger partial charge in [0.05, 0.1) is 11.0 Å². The molecule has 0 aliphatic rings. The Kier molecular flexibility index (Phi) is 2.35. The number of hydrogen-bond acceptors (Lipinski definition) is 5. The van der Waals surface area contributed by atoms with E-state index in [2.05, 4.69) is 57.8 Å². The zero-order valence-electron chi connectivity index (χ0n) is 11.1. The number of fused-ring (bicyclic) bond motifs is 1. The molecule has 2 heterocycles. The fourth-order valence-corrected chi connectivity index (χ4v) is 1.94. The van der Waals surface area contributed by atoms with Crippen LogP contribution in [0.2, 0.25) is 0 Å². The summed E-state index contributed by atoms with van der Waals surface area (Å²) in [6, 6.07) is 6.17. The highest BCUT2D eigenvalue weighted by atomic mass is 16.6. The lowest BCUT2D eigenvalue weighted by Crippen LogP contribution is -2.10. The van der Waals surface area contributed by atoms with Crippen LogP contribution in [0.25, 0.3) is 22.6 Å². The van der Waals surface area contributed by atoms with Crippen molar-refractivity contribution in [3.05, 3.63) is 23.8 Å². The van der Waals surface area contributed by atoms with Crippen LogP contribution in [0.4, 0.5) is 5.82 Å². The molecule has 6 heteroatoms. The highest BCUT2D eigenvalue weighted by Gasteiger charge is 2.17. The minimum atomic E-state index is 0.0851. The number of nitrogens with zero attached hydrogens (tertiary/aromatic N) is 3. The van der Waals surface area contributed by atoms with E-state index in [1.54, 1.807) is 0 Å². The van der Waals surface area contributed by atoms with Crippen molar-refractivity contribution < 1.29 is 4.63 Å². The highest BCUT2D eigenvalue weighted by molar-refractivity contribution is 5.81. The van der Waals surface area contributed by atoms with Gasteiger partial charge in [0.1, 0.15) is 0 Å². The molecule has 6 nitrogen and oxygen atoms in total. The van der Waals surface area contributed by atoms with Crippen LogP contribution >= 0.6 is 0 Å². The molecule has 0 amide bonds. The summed E-state index contributed by atoms with van der Waals surface area (Å²) >= 11 is 0. The van der Waals surface area contributed by atoms with E-state index in [0.717, 1.165) is 11.0 Å². The zero-order valence-corrected chi connectivity index (χ0v) is 11.1. The molecule has 19 heavy (non-hydrogen) atoms. The molecule has 1 aromatic carbocycles. The Morgan fingerprint density at radius 3 is 2.63 bits per heavy atom. The van der Waals surface area contributed by atoms with Crippen molar-refractivity contribution in [1.82, 2.24) is 20.3 Å². The highest BCUT2D eigenvalue weighted by Crippen LogP contribution is 2.27. The van der Waals surface area contributed by atoms with Gasteiger partial charge in [-0.3, -0.25) is 0 Å².